The fraction of sp³-hybridized carbons (Fsp3) is 0.455. The summed E-state index contributed by atoms with van der Waals surface area (Å²) in [5, 5.41) is 10.1. The summed E-state index contributed by atoms with van der Waals surface area (Å²) in [5.74, 6) is 0. The molecule has 1 fully saturated rings. The van der Waals surface area contributed by atoms with Crippen LogP contribution in [0.2, 0.25) is 10.0 Å². The fourth-order valence-electron chi connectivity index (χ4n) is 1.73. The molecule has 1 saturated heterocycles. The van der Waals surface area contributed by atoms with Crippen LogP contribution in [0.1, 0.15) is 6.42 Å². The van der Waals surface area contributed by atoms with E-state index < -0.39 is 15.6 Å². The average molecular weight is 326 g/mol. The molecule has 0 radical (unpaired) electrons. The summed E-state index contributed by atoms with van der Waals surface area (Å²) in [5.41, 5.74) is -1.17. The van der Waals surface area contributed by atoms with Crippen molar-refractivity contribution in [1.29, 1.82) is 0 Å². The number of sulfonamides is 1. The highest BCUT2D eigenvalue weighted by molar-refractivity contribution is 7.89. The number of rotatable bonds is 4. The van der Waals surface area contributed by atoms with Crippen LogP contribution in [0.5, 0.6) is 0 Å². The van der Waals surface area contributed by atoms with Gasteiger partial charge in [-0.3, -0.25) is 0 Å². The SMILES string of the molecule is O=S(=O)(NCC1(O)CCOC1)c1cccc(Cl)c1Cl. The number of benzene rings is 1. The van der Waals surface area contributed by atoms with Crippen molar-refractivity contribution in [3.8, 4) is 0 Å². The lowest BCUT2D eigenvalue weighted by atomic mass is 10.1. The molecule has 0 bridgehead atoms. The van der Waals surface area contributed by atoms with E-state index in [9.17, 15) is 13.5 Å². The minimum absolute atomic E-state index is 0.0358. The molecule has 0 aliphatic carbocycles. The molecule has 1 atom stereocenters. The highest BCUT2D eigenvalue weighted by Gasteiger charge is 2.34. The molecule has 1 unspecified atom stereocenters. The van der Waals surface area contributed by atoms with E-state index in [-0.39, 0.29) is 28.1 Å². The lowest BCUT2D eigenvalue weighted by molar-refractivity contribution is 0.0314. The number of ether oxygens (including phenoxy) is 1. The smallest absolute Gasteiger partial charge is 0.242 e. The molecule has 0 saturated carbocycles. The topological polar surface area (TPSA) is 75.6 Å². The van der Waals surface area contributed by atoms with Crippen LogP contribution in [0.15, 0.2) is 23.1 Å². The number of hydrogen-bond donors (Lipinski definition) is 2. The molecule has 1 aromatic carbocycles. The van der Waals surface area contributed by atoms with Crippen LogP contribution in [0.25, 0.3) is 0 Å². The minimum Gasteiger partial charge on any atom is -0.386 e. The summed E-state index contributed by atoms with van der Waals surface area (Å²) >= 11 is 11.7. The van der Waals surface area contributed by atoms with Gasteiger partial charge in [0, 0.05) is 19.6 Å². The average Bonchev–Trinajstić information content (AvgIpc) is 2.78. The largest absolute Gasteiger partial charge is 0.386 e. The van der Waals surface area contributed by atoms with E-state index in [0.29, 0.717) is 13.0 Å². The molecule has 2 N–H and O–H groups in total. The van der Waals surface area contributed by atoms with Gasteiger partial charge in [-0.05, 0) is 12.1 Å². The van der Waals surface area contributed by atoms with Crippen molar-refractivity contribution in [2.24, 2.45) is 0 Å². The van der Waals surface area contributed by atoms with E-state index in [0.717, 1.165) is 0 Å². The van der Waals surface area contributed by atoms with Gasteiger partial charge in [-0.2, -0.15) is 0 Å². The van der Waals surface area contributed by atoms with E-state index in [2.05, 4.69) is 4.72 Å². The second kappa shape index (κ2) is 5.55. The first-order valence-electron chi connectivity index (χ1n) is 5.58. The van der Waals surface area contributed by atoms with Gasteiger partial charge in [-0.1, -0.05) is 29.3 Å². The Morgan fingerprint density at radius 1 is 1.42 bits per heavy atom. The second-order valence-corrected chi connectivity index (χ2v) is 6.92. The molecule has 19 heavy (non-hydrogen) atoms. The summed E-state index contributed by atoms with van der Waals surface area (Å²) < 4.78 is 31.6. The van der Waals surface area contributed by atoms with E-state index in [4.69, 9.17) is 27.9 Å². The number of aliphatic hydroxyl groups is 1. The minimum atomic E-state index is -3.82. The molecular weight excluding hydrogens is 313 g/mol. The van der Waals surface area contributed by atoms with E-state index in [1.54, 1.807) is 0 Å². The van der Waals surface area contributed by atoms with Crippen molar-refractivity contribution in [2.75, 3.05) is 19.8 Å². The maximum Gasteiger partial charge on any atom is 0.242 e. The van der Waals surface area contributed by atoms with Crippen LogP contribution in [0, 0.1) is 0 Å². The van der Waals surface area contributed by atoms with Crippen molar-refractivity contribution in [2.45, 2.75) is 16.9 Å². The molecule has 2 rings (SSSR count). The van der Waals surface area contributed by atoms with Crippen LogP contribution in [0.4, 0.5) is 0 Å². The normalized spacial score (nSPS) is 23.7. The van der Waals surface area contributed by atoms with Crippen LogP contribution >= 0.6 is 23.2 Å². The first-order chi connectivity index (χ1) is 8.84. The van der Waals surface area contributed by atoms with Gasteiger partial charge in [0.25, 0.3) is 0 Å². The third kappa shape index (κ3) is 3.39. The van der Waals surface area contributed by atoms with E-state index in [1.165, 1.54) is 18.2 Å². The Kier molecular flexibility index (Phi) is 4.39. The van der Waals surface area contributed by atoms with Gasteiger partial charge < -0.3 is 9.84 Å². The number of halogens is 2. The lowest BCUT2D eigenvalue weighted by Gasteiger charge is -2.20. The Labute approximate surface area is 121 Å². The van der Waals surface area contributed by atoms with E-state index in [1.807, 2.05) is 0 Å². The van der Waals surface area contributed by atoms with Crippen LogP contribution in [-0.2, 0) is 14.8 Å². The Morgan fingerprint density at radius 2 is 2.16 bits per heavy atom. The van der Waals surface area contributed by atoms with Crippen molar-refractivity contribution < 1.29 is 18.3 Å². The predicted molar refractivity (Wildman–Crippen MR) is 72.0 cm³/mol. The van der Waals surface area contributed by atoms with Crippen LogP contribution < -0.4 is 4.72 Å². The summed E-state index contributed by atoms with van der Waals surface area (Å²) in [6.45, 7) is 0.396. The molecular formula is C11H13Cl2NO4S. The molecule has 106 valence electrons. The highest BCUT2D eigenvalue weighted by atomic mass is 35.5. The Bertz CT molecular complexity index is 570. The van der Waals surface area contributed by atoms with Crippen molar-refractivity contribution in [1.82, 2.24) is 4.72 Å². The van der Waals surface area contributed by atoms with Crippen molar-refractivity contribution >= 4 is 33.2 Å². The maximum absolute atomic E-state index is 12.1. The zero-order valence-corrected chi connectivity index (χ0v) is 12.2. The van der Waals surface area contributed by atoms with Gasteiger partial charge in [0.05, 0.1) is 16.7 Å². The van der Waals surface area contributed by atoms with Gasteiger partial charge in [-0.15, -0.1) is 0 Å². The fourth-order valence-corrected chi connectivity index (χ4v) is 3.61. The van der Waals surface area contributed by atoms with Gasteiger partial charge in [0.1, 0.15) is 10.5 Å². The van der Waals surface area contributed by atoms with Crippen molar-refractivity contribution in [3.05, 3.63) is 28.2 Å². The van der Waals surface area contributed by atoms with Gasteiger partial charge in [0.2, 0.25) is 10.0 Å². The van der Waals surface area contributed by atoms with Gasteiger partial charge in [0.15, 0.2) is 0 Å². The monoisotopic (exact) mass is 325 g/mol. The van der Waals surface area contributed by atoms with Gasteiger partial charge in [-0.25, -0.2) is 13.1 Å². The first-order valence-corrected chi connectivity index (χ1v) is 7.82. The first kappa shape index (κ1) is 15.0. The maximum atomic E-state index is 12.1. The number of nitrogens with one attached hydrogen (secondary N) is 1. The highest BCUT2D eigenvalue weighted by Crippen LogP contribution is 2.29. The Balaban J connectivity index is 2.16. The summed E-state index contributed by atoms with van der Waals surface area (Å²) in [4.78, 5) is -0.107. The number of hydrogen-bond acceptors (Lipinski definition) is 4. The van der Waals surface area contributed by atoms with Gasteiger partial charge >= 0.3 is 0 Å². The molecule has 1 aliphatic heterocycles. The molecule has 1 aromatic rings. The Morgan fingerprint density at radius 3 is 2.79 bits per heavy atom. The summed E-state index contributed by atoms with van der Waals surface area (Å²) in [7, 11) is -3.82. The molecule has 0 amide bonds. The lowest BCUT2D eigenvalue weighted by Crippen LogP contribution is -2.43. The molecule has 8 heteroatoms. The van der Waals surface area contributed by atoms with E-state index >= 15 is 0 Å². The van der Waals surface area contributed by atoms with Crippen LogP contribution in [-0.4, -0.2) is 38.9 Å². The predicted octanol–water partition coefficient (Wildman–Crippen LogP) is 1.42. The molecule has 1 heterocycles. The molecule has 0 spiro atoms. The standard InChI is InChI=1S/C11H13Cl2NO4S/c12-8-2-1-3-9(10(8)13)19(16,17)14-6-11(15)4-5-18-7-11/h1-3,14-15H,4-7H2. The third-order valence-corrected chi connectivity index (χ3v) is 5.25. The summed E-state index contributed by atoms with van der Waals surface area (Å²) in [6.07, 6.45) is 0.388. The second-order valence-electron chi connectivity index (χ2n) is 4.40. The summed E-state index contributed by atoms with van der Waals surface area (Å²) in [6, 6.07) is 4.35. The van der Waals surface area contributed by atoms with Crippen LogP contribution in [0.3, 0.4) is 0 Å². The molecule has 5 nitrogen and oxygen atoms in total. The third-order valence-electron chi connectivity index (χ3n) is 2.88. The molecule has 1 aliphatic rings. The zero-order valence-electron chi connectivity index (χ0n) is 9.90. The van der Waals surface area contributed by atoms with Crippen molar-refractivity contribution in [3.63, 3.8) is 0 Å². The Hall–Kier alpha value is -0.370. The molecule has 0 aromatic heterocycles. The quantitative estimate of drug-likeness (QED) is 0.877. The zero-order chi connectivity index (χ0) is 14.1.